The highest BCUT2D eigenvalue weighted by Crippen LogP contribution is 2.29. The lowest BCUT2D eigenvalue weighted by Crippen LogP contribution is -2.48. The second-order valence-electron chi connectivity index (χ2n) is 5.41. The van der Waals surface area contributed by atoms with Crippen molar-refractivity contribution in [3.8, 4) is 5.75 Å². The summed E-state index contributed by atoms with van der Waals surface area (Å²) in [7, 11) is -2.03. The first kappa shape index (κ1) is 18.2. The molecule has 22 heavy (non-hydrogen) atoms. The summed E-state index contributed by atoms with van der Waals surface area (Å²) in [5, 5.41) is 2.69. The Balaban J connectivity index is 3.02. The number of hydrogen-bond acceptors (Lipinski definition) is 5. The monoisotopic (exact) mass is 329 g/mol. The van der Waals surface area contributed by atoms with Crippen LogP contribution in [-0.4, -0.2) is 33.2 Å². The summed E-state index contributed by atoms with van der Waals surface area (Å²) < 4.78 is 30.2. The normalized spacial score (nSPS) is 14.0. The number of carbonyl (C=O) groups excluding carboxylic acids is 1. The maximum atomic E-state index is 12.2. The van der Waals surface area contributed by atoms with Gasteiger partial charge in [0.1, 0.15) is 5.75 Å². The maximum Gasteiger partial charge on any atom is 0.244 e. The molecule has 0 aliphatic carbocycles. The lowest BCUT2D eigenvalue weighted by atomic mass is 9.96. The van der Waals surface area contributed by atoms with E-state index >= 15 is 0 Å². The number of carbonyl (C=O) groups is 1. The minimum absolute atomic E-state index is 0.247. The topological polar surface area (TPSA) is 111 Å². The van der Waals surface area contributed by atoms with Crippen LogP contribution in [-0.2, 0) is 14.8 Å². The molecule has 1 aromatic rings. The van der Waals surface area contributed by atoms with Gasteiger partial charge in [-0.05, 0) is 31.5 Å². The van der Waals surface area contributed by atoms with Gasteiger partial charge in [-0.15, -0.1) is 0 Å². The Morgan fingerprint density at radius 2 is 2.05 bits per heavy atom. The summed E-state index contributed by atoms with van der Waals surface area (Å²) in [6, 6.07) is 4.67. The van der Waals surface area contributed by atoms with Gasteiger partial charge in [0.2, 0.25) is 15.9 Å². The van der Waals surface area contributed by atoms with Gasteiger partial charge in [0.15, 0.2) is 0 Å². The number of nitrogens with one attached hydrogen (secondary N) is 2. The summed E-state index contributed by atoms with van der Waals surface area (Å²) >= 11 is 0. The van der Waals surface area contributed by atoms with Gasteiger partial charge < -0.3 is 15.8 Å². The predicted molar refractivity (Wildman–Crippen MR) is 87.6 cm³/mol. The summed E-state index contributed by atoms with van der Waals surface area (Å²) in [5.74, 6) is 0.0253. The third-order valence-corrected chi connectivity index (χ3v) is 3.63. The SMILES string of the molecule is CCCC(C)(N)C(=O)Nc1ccc(OC)c(NS(C)(=O)=O)c1. The molecule has 0 spiro atoms. The number of rotatable bonds is 7. The lowest BCUT2D eigenvalue weighted by molar-refractivity contribution is -0.120. The minimum Gasteiger partial charge on any atom is -0.495 e. The average Bonchev–Trinajstić information content (AvgIpc) is 2.37. The molecule has 7 nitrogen and oxygen atoms in total. The van der Waals surface area contributed by atoms with E-state index in [9.17, 15) is 13.2 Å². The van der Waals surface area contributed by atoms with Crippen molar-refractivity contribution in [2.75, 3.05) is 23.4 Å². The Morgan fingerprint density at radius 3 is 2.55 bits per heavy atom. The Hall–Kier alpha value is -1.80. The molecule has 1 amide bonds. The van der Waals surface area contributed by atoms with Crippen LogP contribution in [0, 0.1) is 0 Å². The van der Waals surface area contributed by atoms with Crippen LogP contribution < -0.4 is 20.5 Å². The van der Waals surface area contributed by atoms with Gasteiger partial charge in [-0.25, -0.2) is 8.42 Å². The van der Waals surface area contributed by atoms with E-state index in [1.54, 1.807) is 19.1 Å². The number of benzene rings is 1. The molecule has 0 saturated heterocycles. The molecule has 1 rings (SSSR count). The fourth-order valence-corrected chi connectivity index (χ4v) is 2.53. The summed E-state index contributed by atoms with van der Waals surface area (Å²) in [6.45, 7) is 3.60. The Morgan fingerprint density at radius 1 is 1.41 bits per heavy atom. The van der Waals surface area contributed by atoms with Crippen LogP contribution in [0.15, 0.2) is 18.2 Å². The van der Waals surface area contributed by atoms with Crippen molar-refractivity contribution in [2.24, 2.45) is 5.73 Å². The molecule has 8 heteroatoms. The van der Waals surface area contributed by atoms with E-state index in [4.69, 9.17) is 10.5 Å². The van der Waals surface area contributed by atoms with Crippen molar-refractivity contribution < 1.29 is 17.9 Å². The zero-order valence-corrected chi connectivity index (χ0v) is 14.1. The van der Waals surface area contributed by atoms with E-state index in [0.29, 0.717) is 17.9 Å². The zero-order chi connectivity index (χ0) is 17.0. The van der Waals surface area contributed by atoms with Crippen LogP contribution in [0.2, 0.25) is 0 Å². The molecule has 0 aromatic heterocycles. The molecule has 0 radical (unpaired) electrons. The van der Waals surface area contributed by atoms with Gasteiger partial charge >= 0.3 is 0 Å². The lowest BCUT2D eigenvalue weighted by Gasteiger charge is -2.23. The molecule has 0 bridgehead atoms. The van der Waals surface area contributed by atoms with E-state index in [1.807, 2.05) is 6.92 Å². The van der Waals surface area contributed by atoms with Crippen molar-refractivity contribution >= 4 is 27.3 Å². The summed E-state index contributed by atoms with van der Waals surface area (Å²) in [5.41, 5.74) is 5.66. The Labute approximate surface area is 131 Å². The van der Waals surface area contributed by atoms with Crippen molar-refractivity contribution in [2.45, 2.75) is 32.2 Å². The number of nitrogens with two attached hydrogens (primary N) is 1. The third-order valence-electron chi connectivity index (χ3n) is 3.04. The number of anilines is 2. The number of methoxy groups -OCH3 is 1. The molecule has 4 N–H and O–H groups in total. The van der Waals surface area contributed by atoms with Crippen LogP contribution in [0.25, 0.3) is 0 Å². The zero-order valence-electron chi connectivity index (χ0n) is 13.3. The van der Waals surface area contributed by atoms with E-state index in [1.165, 1.54) is 13.2 Å². The molecule has 0 aliphatic heterocycles. The molecular formula is C14H23N3O4S. The summed E-state index contributed by atoms with van der Waals surface area (Å²) in [4.78, 5) is 12.2. The van der Waals surface area contributed by atoms with E-state index in [0.717, 1.165) is 12.7 Å². The van der Waals surface area contributed by atoms with Gasteiger partial charge in [-0.2, -0.15) is 0 Å². The first-order valence-corrected chi connectivity index (χ1v) is 8.74. The largest absolute Gasteiger partial charge is 0.495 e. The second kappa shape index (κ2) is 6.97. The Bertz CT molecular complexity index is 641. The van der Waals surface area contributed by atoms with E-state index in [2.05, 4.69) is 10.0 Å². The Kier molecular flexibility index (Phi) is 5.78. The molecule has 0 fully saturated rings. The molecular weight excluding hydrogens is 306 g/mol. The quantitative estimate of drug-likeness (QED) is 0.702. The first-order chi connectivity index (χ1) is 10.1. The molecule has 1 aromatic carbocycles. The molecule has 1 atom stereocenters. The average molecular weight is 329 g/mol. The standard InChI is InChI=1S/C14H23N3O4S/c1-5-8-14(2,15)13(18)16-10-6-7-12(21-3)11(9-10)17-22(4,19)20/h6-7,9,17H,5,8,15H2,1-4H3,(H,16,18). The van der Waals surface area contributed by atoms with Crippen molar-refractivity contribution in [3.63, 3.8) is 0 Å². The minimum atomic E-state index is -3.46. The maximum absolute atomic E-state index is 12.2. The molecule has 124 valence electrons. The first-order valence-electron chi connectivity index (χ1n) is 6.85. The fourth-order valence-electron chi connectivity index (χ4n) is 1.97. The molecule has 1 unspecified atom stereocenters. The third kappa shape index (κ3) is 5.19. The van der Waals surface area contributed by atoms with Crippen molar-refractivity contribution in [1.82, 2.24) is 0 Å². The number of hydrogen-bond donors (Lipinski definition) is 3. The van der Waals surface area contributed by atoms with E-state index < -0.39 is 15.6 Å². The highest BCUT2D eigenvalue weighted by atomic mass is 32.2. The number of sulfonamides is 1. The second-order valence-corrected chi connectivity index (χ2v) is 7.16. The number of ether oxygens (including phenoxy) is 1. The fraction of sp³-hybridized carbons (Fsp3) is 0.500. The van der Waals surface area contributed by atoms with Crippen LogP contribution in [0.4, 0.5) is 11.4 Å². The highest BCUT2D eigenvalue weighted by Gasteiger charge is 2.27. The van der Waals surface area contributed by atoms with Crippen LogP contribution in [0.5, 0.6) is 5.75 Å². The van der Waals surface area contributed by atoms with Gasteiger partial charge in [0.25, 0.3) is 0 Å². The van der Waals surface area contributed by atoms with Crippen molar-refractivity contribution in [3.05, 3.63) is 18.2 Å². The van der Waals surface area contributed by atoms with Gasteiger partial charge in [-0.1, -0.05) is 13.3 Å². The van der Waals surface area contributed by atoms with Crippen LogP contribution in [0.1, 0.15) is 26.7 Å². The van der Waals surface area contributed by atoms with Gasteiger partial charge in [0.05, 0.1) is 24.6 Å². The smallest absolute Gasteiger partial charge is 0.244 e. The van der Waals surface area contributed by atoms with E-state index in [-0.39, 0.29) is 11.6 Å². The predicted octanol–water partition coefficient (Wildman–Crippen LogP) is 1.52. The van der Waals surface area contributed by atoms with Gasteiger partial charge in [0, 0.05) is 5.69 Å². The summed E-state index contributed by atoms with van der Waals surface area (Å²) in [6.07, 6.45) is 2.36. The van der Waals surface area contributed by atoms with Gasteiger partial charge in [-0.3, -0.25) is 9.52 Å². The van der Waals surface area contributed by atoms with Crippen LogP contribution >= 0.6 is 0 Å². The molecule has 0 saturated carbocycles. The van der Waals surface area contributed by atoms with Crippen molar-refractivity contribution in [1.29, 1.82) is 0 Å². The number of amides is 1. The highest BCUT2D eigenvalue weighted by molar-refractivity contribution is 7.92. The molecule has 0 aliphatic rings. The van der Waals surface area contributed by atoms with Crippen LogP contribution in [0.3, 0.4) is 0 Å². The molecule has 0 heterocycles.